The largest absolute Gasteiger partial charge is 0.463 e. The van der Waals surface area contributed by atoms with E-state index < -0.39 is 5.38 Å². The second kappa shape index (κ2) is 7.79. The van der Waals surface area contributed by atoms with Crippen molar-refractivity contribution >= 4 is 29.2 Å². The van der Waals surface area contributed by atoms with Gasteiger partial charge >= 0.3 is 5.97 Å². The van der Waals surface area contributed by atoms with E-state index in [4.69, 9.17) is 16.3 Å². The average molecular weight is 284 g/mol. The van der Waals surface area contributed by atoms with Gasteiger partial charge in [0.25, 0.3) is 0 Å². The molecule has 0 aliphatic rings. The fourth-order valence-electron chi connectivity index (χ4n) is 1.44. The van der Waals surface area contributed by atoms with Gasteiger partial charge in [0, 0.05) is 12.1 Å². The second-order valence-corrected chi connectivity index (χ2v) is 4.93. The molecule has 1 aromatic rings. The highest BCUT2D eigenvalue weighted by atomic mass is 35.5. The maximum Gasteiger partial charge on any atom is 0.306 e. The lowest BCUT2D eigenvalue weighted by molar-refractivity contribution is -0.147. The summed E-state index contributed by atoms with van der Waals surface area (Å²) in [4.78, 5) is 23.1. The molecule has 1 amide bonds. The molecular formula is C14H18ClNO3. The molecule has 0 aromatic heterocycles. The van der Waals surface area contributed by atoms with Crippen LogP contribution in [0, 0.1) is 0 Å². The number of nitrogens with one attached hydrogen (secondary N) is 1. The highest BCUT2D eigenvalue weighted by Crippen LogP contribution is 2.12. The van der Waals surface area contributed by atoms with Gasteiger partial charge in [0.2, 0.25) is 5.91 Å². The molecule has 0 aliphatic heterocycles. The molecule has 1 atom stereocenters. The second-order valence-electron chi connectivity index (χ2n) is 4.40. The highest BCUT2D eigenvalue weighted by molar-refractivity contribution is 6.32. The van der Waals surface area contributed by atoms with Crippen molar-refractivity contribution in [3.63, 3.8) is 0 Å². The summed E-state index contributed by atoms with van der Waals surface area (Å²) >= 11 is 5.94. The Morgan fingerprint density at radius 3 is 2.47 bits per heavy atom. The number of hydrogen-bond acceptors (Lipinski definition) is 3. The quantitative estimate of drug-likeness (QED) is 0.645. The Balaban J connectivity index is 2.35. The number of hydrogen-bond donors (Lipinski definition) is 1. The molecule has 1 N–H and O–H groups in total. The number of benzene rings is 1. The Morgan fingerprint density at radius 1 is 1.26 bits per heavy atom. The Kier molecular flexibility index (Phi) is 6.36. The van der Waals surface area contributed by atoms with E-state index in [9.17, 15) is 9.59 Å². The van der Waals surface area contributed by atoms with Gasteiger partial charge in [0.1, 0.15) is 5.38 Å². The normalized spacial score (nSPS) is 12.0. The number of para-hydroxylation sites is 1. The monoisotopic (exact) mass is 283 g/mol. The lowest BCUT2D eigenvalue weighted by atomic mass is 10.2. The molecule has 0 aliphatic carbocycles. The lowest BCUT2D eigenvalue weighted by Gasteiger charge is -2.11. The molecule has 1 unspecified atom stereocenters. The number of alkyl halides is 1. The van der Waals surface area contributed by atoms with Crippen LogP contribution in [0.2, 0.25) is 0 Å². The molecule has 0 spiro atoms. The maximum absolute atomic E-state index is 11.8. The van der Waals surface area contributed by atoms with Crippen molar-refractivity contribution in [1.82, 2.24) is 0 Å². The first-order chi connectivity index (χ1) is 8.99. The molecule has 0 saturated carbocycles. The molecule has 104 valence electrons. The summed E-state index contributed by atoms with van der Waals surface area (Å²) in [5, 5.41) is 1.93. The van der Waals surface area contributed by atoms with Gasteiger partial charge in [-0.3, -0.25) is 9.59 Å². The molecule has 19 heavy (non-hydrogen) atoms. The van der Waals surface area contributed by atoms with Crippen molar-refractivity contribution in [2.24, 2.45) is 0 Å². The zero-order valence-electron chi connectivity index (χ0n) is 11.1. The number of anilines is 1. The molecule has 0 saturated heterocycles. The van der Waals surface area contributed by atoms with Crippen LogP contribution < -0.4 is 5.32 Å². The summed E-state index contributed by atoms with van der Waals surface area (Å²) in [6, 6.07) is 9.04. The molecule has 4 nitrogen and oxygen atoms in total. The number of carbonyl (C=O) groups excluding carboxylic acids is 2. The molecule has 0 fully saturated rings. The molecule has 0 radical (unpaired) electrons. The SMILES string of the molecule is CC(C)OC(=O)CCC(Cl)C(=O)Nc1ccccc1. The molecular weight excluding hydrogens is 266 g/mol. The Labute approximate surface area is 118 Å². The van der Waals surface area contributed by atoms with Crippen molar-refractivity contribution < 1.29 is 14.3 Å². The summed E-state index contributed by atoms with van der Waals surface area (Å²) in [5.41, 5.74) is 0.683. The summed E-state index contributed by atoms with van der Waals surface area (Å²) in [5.74, 6) is -0.654. The first kappa shape index (κ1) is 15.5. The average Bonchev–Trinajstić information content (AvgIpc) is 2.36. The Bertz CT molecular complexity index is 420. The number of ether oxygens (including phenoxy) is 1. The third-order valence-corrected chi connectivity index (χ3v) is 2.71. The van der Waals surface area contributed by atoms with Gasteiger partial charge in [-0.05, 0) is 32.4 Å². The van der Waals surface area contributed by atoms with Gasteiger partial charge < -0.3 is 10.1 Å². The standard InChI is InChI=1S/C14H18ClNO3/c1-10(2)19-13(17)9-8-12(15)14(18)16-11-6-4-3-5-7-11/h3-7,10,12H,8-9H2,1-2H3,(H,16,18). The van der Waals surface area contributed by atoms with Crippen molar-refractivity contribution in [3.05, 3.63) is 30.3 Å². The fraction of sp³-hybridized carbons (Fsp3) is 0.429. The van der Waals surface area contributed by atoms with Crippen LogP contribution in [-0.2, 0) is 14.3 Å². The molecule has 0 heterocycles. The zero-order valence-corrected chi connectivity index (χ0v) is 11.8. The van der Waals surface area contributed by atoms with Gasteiger partial charge in [0.05, 0.1) is 6.10 Å². The predicted molar refractivity (Wildman–Crippen MR) is 75.2 cm³/mol. The van der Waals surface area contributed by atoms with Crippen molar-refractivity contribution in [3.8, 4) is 0 Å². The van der Waals surface area contributed by atoms with Gasteiger partial charge in [-0.25, -0.2) is 0 Å². The first-order valence-corrected chi connectivity index (χ1v) is 6.62. The van der Waals surface area contributed by atoms with E-state index in [-0.39, 0.29) is 30.8 Å². The summed E-state index contributed by atoms with van der Waals surface area (Å²) in [6.45, 7) is 3.55. The van der Waals surface area contributed by atoms with E-state index >= 15 is 0 Å². The van der Waals surface area contributed by atoms with E-state index in [1.165, 1.54) is 0 Å². The van der Waals surface area contributed by atoms with Crippen molar-refractivity contribution in [2.75, 3.05) is 5.32 Å². The molecule has 1 aromatic carbocycles. The van der Waals surface area contributed by atoms with Gasteiger partial charge in [-0.15, -0.1) is 11.6 Å². The number of halogens is 1. The third kappa shape index (κ3) is 6.25. The minimum atomic E-state index is -0.750. The Morgan fingerprint density at radius 2 is 1.89 bits per heavy atom. The van der Waals surface area contributed by atoms with Crippen LogP contribution in [0.15, 0.2) is 30.3 Å². The van der Waals surface area contributed by atoms with E-state index in [0.29, 0.717) is 5.69 Å². The summed E-state index contributed by atoms with van der Waals surface area (Å²) in [6.07, 6.45) is 0.236. The van der Waals surface area contributed by atoms with E-state index in [1.807, 2.05) is 18.2 Å². The molecule has 1 rings (SSSR count). The highest BCUT2D eigenvalue weighted by Gasteiger charge is 2.17. The van der Waals surface area contributed by atoms with Gasteiger partial charge in [-0.1, -0.05) is 18.2 Å². The number of carbonyl (C=O) groups is 2. The summed E-state index contributed by atoms with van der Waals surface area (Å²) < 4.78 is 4.97. The number of rotatable bonds is 6. The Hall–Kier alpha value is -1.55. The molecule has 0 bridgehead atoms. The number of amides is 1. The van der Waals surface area contributed by atoms with Crippen LogP contribution >= 0.6 is 11.6 Å². The van der Waals surface area contributed by atoms with Gasteiger partial charge in [-0.2, -0.15) is 0 Å². The smallest absolute Gasteiger partial charge is 0.306 e. The van der Waals surface area contributed by atoms with Crippen LogP contribution in [0.1, 0.15) is 26.7 Å². The minimum absolute atomic E-state index is 0.133. The van der Waals surface area contributed by atoms with Crippen molar-refractivity contribution in [2.45, 2.75) is 38.2 Å². The van der Waals surface area contributed by atoms with Gasteiger partial charge in [0.15, 0.2) is 0 Å². The fourth-order valence-corrected chi connectivity index (χ4v) is 1.60. The molecule has 5 heteroatoms. The van der Waals surface area contributed by atoms with E-state index in [1.54, 1.807) is 26.0 Å². The first-order valence-electron chi connectivity index (χ1n) is 6.18. The summed E-state index contributed by atoms with van der Waals surface area (Å²) in [7, 11) is 0. The van der Waals surface area contributed by atoms with Crippen LogP contribution in [0.4, 0.5) is 5.69 Å². The third-order valence-electron chi connectivity index (χ3n) is 2.29. The van der Waals surface area contributed by atoms with Crippen molar-refractivity contribution in [1.29, 1.82) is 0 Å². The van der Waals surface area contributed by atoms with E-state index in [2.05, 4.69) is 5.32 Å². The topological polar surface area (TPSA) is 55.4 Å². The van der Waals surface area contributed by atoms with Crippen LogP contribution in [0.3, 0.4) is 0 Å². The minimum Gasteiger partial charge on any atom is -0.463 e. The number of esters is 1. The zero-order chi connectivity index (χ0) is 14.3. The lowest BCUT2D eigenvalue weighted by Crippen LogP contribution is -2.24. The van der Waals surface area contributed by atoms with Crippen LogP contribution in [0.5, 0.6) is 0 Å². The van der Waals surface area contributed by atoms with Crippen LogP contribution in [-0.4, -0.2) is 23.4 Å². The predicted octanol–water partition coefficient (Wildman–Crippen LogP) is 2.96. The van der Waals surface area contributed by atoms with Crippen LogP contribution in [0.25, 0.3) is 0 Å². The maximum atomic E-state index is 11.8. The van der Waals surface area contributed by atoms with E-state index in [0.717, 1.165) is 0 Å².